The number of nitrogens with zero attached hydrogens (tertiary/aromatic N) is 5. The fourth-order valence-corrected chi connectivity index (χ4v) is 3.93. The van der Waals surface area contributed by atoms with Crippen LogP contribution >= 0.6 is 0 Å². The number of ether oxygens (including phenoxy) is 1. The van der Waals surface area contributed by atoms with Crippen LogP contribution in [-0.4, -0.2) is 86.0 Å². The summed E-state index contributed by atoms with van der Waals surface area (Å²) in [4.78, 5) is 6.52. The van der Waals surface area contributed by atoms with Crippen molar-refractivity contribution in [1.82, 2.24) is 24.3 Å². The number of hydrogen-bond donors (Lipinski definition) is 1. The van der Waals surface area contributed by atoms with Crippen molar-refractivity contribution in [2.75, 3.05) is 52.6 Å². The van der Waals surface area contributed by atoms with Crippen molar-refractivity contribution in [3.05, 3.63) is 18.0 Å². The summed E-state index contributed by atoms with van der Waals surface area (Å²) < 4.78 is 32.3. The van der Waals surface area contributed by atoms with E-state index in [1.54, 1.807) is 11.7 Å². The summed E-state index contributed by atoms with van der Waals surface area (Å²) in [6, 6.07) is 0. The fourth-order valence-electron chi connectivity index (χ4n) is 3.00. The second-order valence-electron chi connectivity index (χ2n) is 6.33. The van der Waals surface area contributed by atoms with Gasteiger partial charge in [0.15, 0.2) is 5.96 Å². The highest BCUT2D eigenvalue weighted by molar-refractivity contribution is 7.88. The molecule has 1 fully saturated rings. The number of morpholine rings is 1. The predicted octanol–water partition coefficient (Wildman–Crippen LogP) is 0.0404. The Morgan fingerprint density at radius 2 is 2.31 bits per heavy atom. The molecule has 148 valence electrons. The van der Waals surface area contributed by atoms with Crippen molar-refractivity contribution in [3.8, 4) is 0 Å². The van der Waals surface area contributed by atoms with Crippen molar-refractivity contribution in [2.24, 2.45) is 12.0 Å². The number of guanidine groups is 1. The molecule has 1 saturated heterocycles. The summed E-state index contributed by atoms with van der Waals surface area (Å²) in [5.74, 6) is 0.810. The molecular weight excluding hydrogens is 356 g/mol. The molecule has 10 heteroatoms. The number of rotatable bonds is 7. The lowest BCUT2D eigenvalue weighted by Crippen LogP contribution is -2.48. The van der Waals surface area contributed by atoms with Crippen LogP contribution in [0.15, 0.2) is 17.4 Å². The number of aromatic nitrogens is 2. The summed E-state index contributed by atoms with van der Waals surface area (Å²) in [6.45, 7) is 5.59. The molecule has 1 atom stereocenters. The summed E-state index contributed by atoms with van der Waals surface area (Å²) >= 11 is 0. The van der Waals surface area contributed by atoms with E-state index in [1.807, 2.05) is 26.4 Å². The van der Waals surface area contributed by atoms with Crippen LogP contribution in [0.2, 0.25) is 0 Å². The van der Waals surface area contributed by atoms with Gasteiger partial charge >= 0.3 is 0 Å². The third kappa shape index (κ3) is 5.68. The lowest BCUT2D eigenvalue weighted by atomic mass is 10.1. The quantitative estimate of drug-likeness (QED) is 0.404. The van der Waals surface area contributed by atoms with E-state index in [4.69, 9.17) is 4.74 Å². The molecule has 0 amide bonds. The molecule has 1 aromatic heterocycles. The molecule has 2 heterocycles. The summed E-state index contributed by atoms with van der Waals surface area (Å²) in [5, 5.41) is 7.53. The van der Waals surface area contributed by atoms with Crippen LogP contribution in [0.4, 0.5) is 0 Å². The average molecular weight is 387 g/mol. The van der Waals surface area contributed by atoms with Gasteiger partial charge in [0.1, 0.15) is 6.10 Å². The van der Waals surface area contributed by atoms with Crippen molar-refractivity contribution in [2.45, 2.75) is 19.4 Å². The standard InChI is InChI=1S/C16H30N6O3S/c1-5-22(26(4,23)24)8-6-7-18-16(17-2)21-9-10-25-15(13-21)14-11-19-20(3)12-14/h11-12,15H,5-10,13H2,1-4H3,(H,17,18). The average Bonchev–Trinajstić information content (AvgIpc) is 3.04. The minimum atomic E-state index is -3.14. The lowest BCUT2D eigenvalue weighted by molar-refractivity contribution is -0.00802. The Kier molecular flexibility index (Phi) is 7.42. The van der Waals surface area contributed by atoms with Gasteiger partial charge in [0.05, 0.1) is 25.6 Å². The molecule has 0 radical (unpaired) electrons. The van der Waals surface area contributed by atoms with E-state index >= 15 is 0 Å². The van der Waals surface area contributed by atoms with E-state index in [0.717, 1.165) is 24.5 Å². The second kappa shape index (κ2) is 9.33. The summed E-state index contributed by atoms with van der Waals surface area (Å²) in [7, 11) is 0.508. The molecule has 2 rings (SSSR count). The third-order valence-electron chi connectivity index (χ3n) is 4.36. The molecule has 1 aliphatic heterocycles. The number of aryl methyl sites for hydroxylation is 1. The maximum Gasteiger partial charge on any atom is 0.211 e. The zero-order valence-electron chi connectivity index (χ0n) is 16.1. The Morgan fingerprint density at radius 3 is 2.88 bits per heavy atom. The van der Waals surface area contributed by atoms with E-state index in [0.29, 0.717) is 32.8 Å². The highest BCUT2D eigenvalue weighted by Gasteiger charge is 2.25. The zero-order chi connectivity index (χ0) is 19.2. The summed E-state index contributed by atoms with van der Waals surface area (Å²) in [5.41, 5.74) is 1.05. The molecule has 1 N–H and O–H groups in total. The first-order valence-electron chi connectivity index (χ1n) is 8.86. The molecule has 1 aromatic rings. The predicted molar refractivity (Wildman–Crippen MR) is 102 cm³/mol. The van der Waals surface area contributed by atoms with Gasteiger partial charge in [-0.15, -0.1) is 0 Å². The molecule has 0 spiro atoms. The first kappa shape index (κ1) is 20.7. The molecule has 0 bridgehead atoms. The largest absolute Gasteiger partial charge is 0.370 e. The number of sulfonamides is 1. The van der Waals surface area contributed by atoms with Crippen molar-refractivity contribution < 1.29 is 13.2 Å². The Hall–Kier alpha value is -1.65. The molecule has 1 aliphatic rings. The van der Waals surface area contributed by atoms with E-state index < -0.39 is 10.0 Å². The van der Waals surface area contributed by atoms with Gasteiger partial charge in [0.2, 0.25) is 10.0 Å². The fraction of sp³-hybridized carbons (Fsp3) is 0.750. The van der Waals surface area contributed by atoms with E-state index in [2.05, 4.69) is 20.3 Å². The van der Waals surface area contributed by atoms with Crippen molar-refractivity contribution in [3.63, 3.8) is 0 Å². The monoisotopic (exact) mass is 386 g/mol. The molecule has 26 heavy (non-hydrogen) atoms. The zero-order valence-corrected chi connectivity index (χ0v) is 16.9. The van der Waals surface area contributed by atoms with Gasteiger partial charge in [-0.05, 0) is 6.42 Å². The normalized spacial score (nSPS) is 19.2. The Bertz CT molecular complexity index is 703. The first-order valence-corrected chi connectivity index (χ1v) is 10.7. The van der Waals surface area contributed by atoms with Crippen LogP contribution < -0.4 is 5.32 Å². The van der Waals surface area contributed by atoms with Crippen LogP contribution in [0.5, 0.6) is 0 Å². The van der Waals surface area contributed by atoms with Crippen LogP contribution in [0.25, 0.3) is 0 Å². The molecular formula is C16H30N6O3S. The molecule has 0 saturated carbocycles. The molecule has 1 unspecified atom stereocenters. The van der Waals surface area contributed by atoms with Gasteiger partial charge < -0.3 is 15.0 Å². The van der Waals surface area contributed by atoms with E-state index in [-0.39, 0.29) is 6.10 Å². The molecule has 0 aliphatic carbocycles. The smallest absolute Gasteiger partial charge is 0.211 e. The third-order valence-corrected chi connectivity index (χ3v) is 5.74. The number of nitrogens with one attached hydrogen (secondary N) is 1. The molecule has 0 aromatic carbocycles. The SMILES string of the molecule is CCN(CCCNC(=NC)N1CCOC(c2cnn(C)c2)C1)S(C)(=O)=O. The van der Waals surface area contributed by atoms with Gasteiger partial charge in [-0.3, -0.25) is 9.67 Å². The Labute approximate surface area is 156 Å². The minimum absolute atomic E-state index is 0.0307. The van der Waals surface area contributed by atoms with Gasteiger partial charge in [-0.25, -0.2) is 12.7 Å². The van der Waals surface area contributed by atoms with Crippen LogP contribution in [0.3, 0.4) is 0 Å². The van der Waals surface area contributed by atoms with Gasteiger partial charge in [0, 0.05) is 52.0 Å². The van der Waals surface area contributed by atoms with E-state index in [9.17, 15) is 8.42 Å². The number of hydrogen-bond acceptors (Lipinski definition) is 5. The van der Waals surface area contributed by atoms with E-state index in [1.165, 1.54) is 10.6 Å². The van der Waals surface area contributed by atoms with Crippen molar-refractivity contribution >= 4 is 16.0 Å². The van der Waals surface area contributed by atoms with Gasteiger partial charge in [0.25, 0.3) is 0 Å². The van der Waals surface area contributed by atoms with Gasteiger partial charge in [-0.2, -0.15) is 5.10 Å². The van der Waals surface area contributed by atoms with Crippen molar-refractivity contribution in [1.29, 1.82) is 0 Å². The highest BCUT2D eigenvalue weighted by atomic mass is 32.2. The topological polar surface area (TPSA) is 92.1 Å². The van der Waals surface area contributed by atoms with Crippen LogP contribution in [-0.2, 0) is 21.8 Å². The maximum atomic E-state index is 11.6. The van der Waals surface area contributed by atoms with Crippen LogP contribution in [0, 0.1) is 0 Å². The first-order chi connectivity index (χ1) is 12.3. The lowest BCUT2D eigenvalue weighted by Gasteiger charge is -2.34. The van der Waals surface area contributed by atoms with Gasteiger partial charge in [-0.1, -0.05) is 6.92 Å². The Balaban J connectivity index is 1.84. The summed E-state index contributed by atoms with van der Waals surface area (Å²) in [6.07, 6.45) is 5.73. The molecule has 9 nitrogen and oxygen atoms in total. The Morgan fingerprint density at radius 1 is 1.54 bits per heavy atom. The minimum Gasteiger partial charge on any atom is -0.370 e. The maximum absolute atomic E-state index is 11.6. The highest BCUT2D eigenvalue weighted by Crippen LogP contribution is 2.21. The second-order valence-corrected chi connectivity index (χ2v) is 8.32. The number of aliphatic imine (C=N–C) groups is 1. The van der Waals surface area contributed by atoms with Crippen LogP contribution in [0.1, 0.15) is 25.0 Å².